The summed E-state index contributed by atoms with van der Waals surface area (Å²) < 4.78 is 25.6. The molecule has 14 aromatic rings. The number of benzene rings is 9. The Bertz CT molecular complexity index is 4750. The van der Waals surface area contributed by atoms with Crippen LogP contribution in [0.3, 0.4) is 0 Å². The fourth-order valence-electron chi connectivity index (χ4n) is 12.2. The normalized spacial score (nSPS) is 12.0. The van der Waals surface area contributed by atoms with E-state index in [0.717, 1.165) is 72.3 Å². The summed E-state index contributed by atoms with van der Waals surface area (Å²) in [4.78, 5) is 16.3. The van der Waals surface area contributed by atoms with Crippen LogP contribution in [0.25, 0.3) is 122 Å². The maximum atomic E-state index is 7.26. The summed E-state index contributed by atoms with van der Waals surface area (Å²) in [6, 6.07) is 71.2. The summed E-state index contributed by atoms with van der Waals surface area (Å²) in [7, 11) is 0. The average molecular weight is 1260 g/mol. The number of hydrogen-bond acceptors (Lipinski definition) is 6. The molecule has 0 unspecified atom stereocenters. The van der Waals surface area contributed by atoms with E-state index < -0.39 is 0 Å². The van der Waals surface area contributed by atoms with Gasteiger partial charge in [0.1, 0.15) is 5.58 Å². The predicted molar refractivity (Wildman–Crippen MR) is 335 cm³/mol. The second kappa shape index (κ2) is 21.2. The van der Waals surface area contributed by atoms with Crippen molar-refractivity contribution in [2.24, 2.45) is 0 Å². The monoisotopic (exact) mass is 1260 g/mol. The van der Waals surface area contributed by atoms with Gasteiger partial charge in [-0.15, -0.1) is 23.8 Å². The Hall–Kier alpha value is -8.84. The van der Waals surface area contributed by atoms with Crippen LogP contribution in [0.2, 0.25) is 0 Å². The molecule has 410 valence electrons. The maximum absolute atomic E-state index is 7.26. The van der Waals surface area contributed by atoms with Gasteiger partial charge in [0.15, 0.2) is 11.2 Å². The smallest absolute Gasteiger partial charge is 0.498 e. The van der Waals surface area contributed by atoms with E-state index in [1.165, 1.54) is 44.5 Å². The first-order valence-electron chi connectivity index (χ1n) is 28.6. The molecule has 0 aliphatic carbocycles. The van der Waals surface area contributed by atoms with Gasteiger partial charge in [-0.2, -0.15) is 0 Å². The molecular formula is C74H61N5O3Pt. The van der Waals surface area contributed by atoms with Gasteiger partial charge in [-0.3, -0.25) is 9.97 Å². The van der Waals surface area contributed by atoms with Crippen molar-refractivity contribution in [3.05, 3.63) is 222 Å². The number of aromatic nitrogens is 5. The third-order valence-electron chi connectivity index (χ3n) is 16.2. The molecule has 0 bridgehead atoms. The molecule has 9 aromatic carbocycles. The number of nitrogens with zero attached hydrogens (tertiary/aromatic N) is 5. The van der Waals surface area contributed by atoms with Crippen LogP contribution in [0.4, 0.5) is 0 Å². The van der Waals surface area contributed by atoms with Gasteiger partial charge in [0.05, 0.1) is 55.9 Å². The van der Waals surface area contributed by atoms with E-state index in [-0.39, 0.29) is 44.7 Å². The first-order valence-corrected chi connectivity index (χ1v) is 28.6. The Morgan fingerprint density at radius 3 is 1.51 bits per heavy atom. The van der Waals surface area contributed by atoms with Crippen molar-refractivity contribution >= 4 is 66.1 Å². The average Bonchev–Trinajstić information content (AvgIpc) is 3.91. The SMILES string of the molecule is Cc1nc2c3cc(Oc4[c-]c(-c5nc6ccccc6n5-c5c(C(C)C)cc(-c6ccccc6)cc5C(C)C)ccc4)[c-]c(-c4nc5ccccc5n4-c4c(C(C)C)cc(-c5ccccc5)cc4C(C)C)c3oc2c2c1oc1ccccc12.[Pt+2]. The minimum atomic E-state index is 0. The Balaban J connectivity index is 0.00000645. The van der Waals surface area contributed by atoms with E-state index in [4.69, 9.17) is 28.5 Å². The Morgan fingerprint density at radius 2 is 0.940 bits per heavy atom. The molecular weight excluding hydrogens is 1200 g/mol. The molecule has 0 aliphatic rings. The first-order chi connectivity index (χ1) is 39.9. The van der Waals surface area contributed by atoms with Crippen LogP contribution in [-0.4, -0.2) is 24.1 Å². The summed E-state index contributed by atoms with van der Waals surface area (Å²) in [6.07, 6.45) is 0. The summed E-state index contributed by atoms with van der Waals surface area (Å²) in [6.45, 7) is 20.2. The van der Waals surface area contributed by atoms with E-state index >= 15 is 0 Å². The minimum Gasteiger partial charge on any atom is -0.498 e. The molecule has 0 radical (unpaired) electrons. The largest absolute Gasteiger partial charge is 2.00 e. The van der Waals surface area contributed by atoms with Crippen molar-refractivity contribution in [3.8, 4) is 67.9 Å². The molecule has 14 rings (SSSR count). The van der Waals surface area contributed by atoms with Gasteiger partial charge in [0.2, 0.25) is 0 Å². The summed E-state index contributed by atoms with van der Waals surface area (Å²) >= 11 is 0. The second-order valence-electron chi connectivity index (χ2n) is 22.9. The standard InChI is InChI=1S/C74H61N5O3.Pt/c1-42(2)55-36-50(47-23-12-10-13-24-47)37-56(43(3)4)68(55)78-63-32-19-17-30-61(63)76-73(78)49-27-22-28-52(35-49)80-53-40-59-67-72(66-54-29-16-21-34-65(54)81-70(66)46(9)75-67)82-71(59)60(41-53)74-77-62-31-18-20-33-64(62)79(74)69-57(44(5)6)38-51(39-58(69)45(7)8)48-25-14-11-15-26-48;/h10-34,36-40,42-45H,1-9H3;/q-2;+2. The van der Waals surface area contributed by atoms with Gasteiger partial charge in [-0.25, -0.2) is 4.98 Å². The summed E-state index contributed by atoms with van der Waals surface area (Å²) in [5.74, 6) is 3.12. The van der Waals surface area contributed by atoms with E-state index in [1.807, 2.05) is 49.4 Å². The van der Waals surface area contributed by atoms with E-state index in [2.05, 4.69) is 216 Å². The van der Waals surface area contributed by atoms with Crippen LogP contribution in [0.15, 0.2) is 191 Å². The van der Waals surface area contributed by atoms with Gasteiger partial charge in [0.25, 0.3) is 0 Å². The number of pyridine rings is 1. The molecule has 0 fully saturated rings. The fourth-order valence-corrected chi connectivity index (χ4v) is 12.2. The van der Waals surface area contributed by atoms with Gasteiger partial charge < -0.3 is 22.7 Å². The van der Waals surface area contributed by atoms with E-state index in [1.54, 1.807) is 0 Å². The van der Waals surface area contributed by atoms with Crippen molar-refractivity contribution in [2.75, 3.05) is 0 Å². The summed E-state index contributed by atoms with van der Waals surface area (Å²) in [5.41, 5.74) is 21.1. The number of hydrogen-bond donors (Lipinski definition) is 0. The molecule has 0 amide bonds. The number of ether oxygens (including phenoxy) is 1. The third-order valence-corrected chi connectivity index (χ3v) is 16.2. The van der Waals surface area contributed by atoms with Crippen molar-refractivity contribution in [1.82, 2.24) is 24.1 Å². The van der Waals surface area contributed by atoms with Crippen LogP contribution >= 0.6 is 0 Å². The van der Waals surface area contributed by atoms with E-state index in [9.17, 15) is 0 Å². The number of aryl methyl sites for hydroxylation is 1. The van der Waals surface area contributed by atoms with Crippen LogP contribution in [0, 0.1) is 19.1 Å². The second-order valence-corrected chi connectivity index (χ2v) is 22.9. The molecule has 5 heterocycles. The van der Waals surface area contributed by atoms with Gasteiger partial charge in [-0.05, 0) is 135 Å². The van der Waals surface area contributed by atoms with Gasteiger partial charge >= 0.3 is 21.1 Å². The zero-order chi connectivity index (χ0) is 56.1. The Kier molecular flexibility index (Phi) is 13.6. The molecule has 83 heavy (non-hydrogen) atoms. The third kappa shape index (κ3) is 9.06. The zero-order valence-electron chi connectivity index (χ0n) is 47.9. The number of imidazole rings is 2. The molecule has 0 saturated carbocycles. The van der Waals surface area contributed by atoms with Crippen molar-refractivity contribution in [3.63, 3.8) is 0 Å². The molecule has 9 heteroatoms. The van der Waals surface area contributed by atoms with Crippen LogP contribution in [0.5, 0.6) is 11.5 Å². The molecule has 0 atom stereocenters. The molecule has 0 N–H and O–H groups in total. The molecule has 5 aromatic heterocycles. The van der Waals surface area contributed by atoms with Crippen molar-refractivity contribution < 1.29 is 34.6 Å². The number of para-hydroxylation sites is 5. The number of fused-ring (bicyclic) bond motifs is 9. The van der Waals surface area contributed by atoms with Gasteiger partial charge in [0, 0.05) is 28.3 Å². The zero-order valence-corrected chi connectivity index (χ0v) is 50.2. The molecule has 0 aliphatic heterocycles. The predicted octanol–water partition coefficient (Wildman–Crippen LogP) is 20.4. The number of rotatable bonds is 12. The minimum absolute atomic E-state index is 0. The Labute approximate surface area is 497 Å². The summed E-state index contributed by atoms with van der Waals surface area (Å²) in [5, 5.41) is 2.59. The topological polar surface area (TPSA) is 84.0 Å². The molecule has 8 nitrogen and oxygen atoms in total. The van der Waals surface area contributed by atoms with Crippen molar-refractivity contribution in [1.29, 1.82) is 0 Å². The number of furan rings is 2. The van der Waals surface area contributed by atoms with E-state index in [0.29, 0.717) is 45.2 Å². The first kappa shape index (κ1) is 53.5. The fraction of sp³-hybridized carbons (Fsp3) is 0.176. The Morgan fingerprint density at radius 1 is 0.434 bits per heavy atom. The molecule has 0 spiro atoms. The van der Waals surface area contributed by atoms with Crippen LogP contribution in [-0.2, 0) is 21.1 Å². The quantitative estimate of drug-likeness (QED) is 0.113. The van der Waals surface area contributed by atoms with Crippen LogP contribution < -0.4 is 4.74 Å². The maximum Gasteiger partial charge on any atom is 2.00 e. The van der Waals surface area contributed by atoms with Gasteiger partial charge in [-0.1, -0.05) is 182 Å². The van der Waals surface area contributed by atoms with Crippen molar-refractivity contribution in [2.45, 2.75) is 86.0 Å². The molecule has 0 saturated heterocycles. The van der Waals surface area contributed by atoms with Crippen LogP contribution in [0.1, 0.15) is 107 Å².